The van der Waals surface area contributed by atoms with Crippen molar-refractivity contribution in [3.05, 3.63) is 35.4 Å². The predicted molar refractivity (Wildman–Crippen MR) is 153 cm³/mol. The van der Waals surface area contributed by atoms with Crippen molar-refractivity contribution in [1.82, 2.24) is 10.2 Å². The number of nitrogens with zero attached hydrogens (tertiary/aromatic N) is 1. The van der Waals surface area contributed by atoms with Gasteiger partial charge in [0.15, 0.2) is 0 Å². The fraction of sp³-hybridized carbons (Fsp3) is 0.774. The van der Waals surface area contributed by atoms with E-state index in [9.17, 15) is 4.79 Å². The molecule has 2 heterocycles. The van der Waals surface area contributed by atoms with Crippen LogP contribution < -0.4 is 5.32 Å². The Kier molecular flexibility index (Phi) is 8.25. The number of rotatable bonds is 8. The van der Waals surface area contributed by atoms with Crippen LogP contribution in [-0.4, -0.2) is 47.8 Å². The Hall–Kier alpha value is -1.37. The summed E-state index contributed by atoms with van der Waals surface area (Å²) in [4.78, 5) is 16.4. The molecule has 0 aromatic heterocycles. The molecule has 0 spiro atoms. The minimum absolute atomic E-state index is 0.155. The number of amides is 1. The van der Waals surface area contributed by atoms with Gasteiger partial charge in [0, 0.05) is 17.0 Å². The summed E-state index contributed by atoms with van der Waals surface area (Å²) in [6.07, 6.45) is 8.39. The van der Waals surface area contributed by atoms with Gasteiger partial charge < -0.3 is 14.6 Å². The Morgan fingerprint density at radius 2 is 1.62 bits per heavy atom. The highest BCUT2D eigenvalue weighted by Gasteiger charge is 2.50. The number of fused-ring (bicyclic) bond motifs is 1. The van der Waals surface area contributed by atoms with Crippen LogP contribution in [0.4, 0.5) is 0 Å². The zero-order chi connectivity index (χ0) is 27.1. The molecular weight excluding hydrogens is 459 g/mol. The van der Waals surface area contributed by atoms with Gasteiger partial charge >= 0.3 is 7.12 Å². The molecule has 2 unspecified atom stereocenters. The number of nitrogens with one attached hydrogen (secondary N) is 1. The van der Waals surface area contributed by atoms with E-state index in [1.165, 1.54) is 24.0 Å². The van der Waals surface area contributed by atoms with Crippen LogP contribution in [0.1, 0.15) is 111 Å². The number of benzene rings is 1. The van der Waals surface area contributed by atoms with Crippen LogP contribution >= 0.6 is 0 Å². The molecule has 1 aliphatic carbocycles. The topological polar surface area (TPSA) is 50.8 Å². The Bertz CT molecular complexity index is 932. The van der Waals surface area contributed by atoms with Crippen molar-refractivity contribution < 1.29 is 14.1 Å². The number of unbranched alkanes of at least 4 members (excludes halogenated alkanes) is 1. The highest BCUT2D eigenvalue weighted by Crippen LogP contribution is 2.44. The second-order valence-electron chi connectivity index (χ2n) is 14.1. The molecule has 4 rings (SSSR count). The molecule has 2 saturated heterocycles. The largest absolute Gasteiger partial charge is 0.457 e. The smallest absolute Gasteiger partial charge is 0.403 e. The van der Waals surface area contributed by atoms with Crippen molar-refractivity contribution in [2.45, 2.75) is 129 Å². The monoisotopic (exact) mass is 510 g/mol. The molecule has 0 saturated carbocycles. The molecule has 1 amide bonds. The zero-order valence-corrected chi connectivity index (χ0v) is 24.8. The second-order valence-corrected chi connectivity index (χ2v) is 14.1. The Labute approximate surface area is 226 Å². The number of aryl methyl sites for hydroxylation is 1. The van der Waals surface area contributed by atoms with E-state index >= 15 is 0 Å². The lowest BCUT2D eigenvalue weighted by Crippen LogP contribution is -2.52. The van der Waals surface area contributed by atoms with Crippen molar-refractivity contribution in [3.8, 4) is 0 Å². The first kappa shape index (κ1) is 28.6. The van der Waals surface area contributed by atoms with Gasteiger partial charge in [-0.05, 0) is 117 Å². The van der Waals surface area contributed by atoms with E-state index in [1.807, 2.05) is 0 Å². The van der Waals surface area contributed by atoms with Crippen molar-refractivity contribution in [2.75, 3.05) is 13.1 Å². The fourth-order valence-corrected chi connectivity index (χ4v) is 6.63. The van der Waals surface area contributed by atoms with Crippen LogP contribution in [0.2, 0.25) is 6.32 Å². The Balaban J connectivity index is 1.36. The highest BCUT2D eigenvalue weighted by atomic mass is 16.7. The third-order valence-electron chi connectivity index (χ3n) is 9.67. The summed E-state index contributed by atoms with van der Waals surface area (Å²) in [5.74, 6) is 0.625. The molecule has 5 nitrogen and oxygen atoms in total. The first-order valence-electron chi connectivity index (χ1n) is 14.7. The first-order chi connectivity index (χ1) is 17.2. The molecular formula is C31H51BN2O3. The van der Waals surface area contributed by atoms with Crippen LogP contribution in [0, 0.1) is 11.3 Å². The molecule has 0 bridgehead atoms. The van der Waals surface area contributed by atoms with Crippen LogP contribution in [0.25, 0.3) is 0 Å². The van der Waals surface area contributed by atoms with E-state index in [0.29, 0.717) is 12.0 Å². The third-order valence-corrected chi connectivity index (χ3v) is 9.67. The van der Waals surface area contributed by atoms with Crippen molar-refractivity contribution in [1.29, 1.82) is 0 Å². The standard InChI is InChI=1S/C31H51BN2O3/c1-28(2,3)33-27(35)31(8,19-11-12-20-32-36-29(4,5)30(6,7)37-32)24-17-21-34(22-18-24)26-16-15-23-13-9-10-14-25(23)26/h9-10,13-14,24,26H,11-12,15-22H2,1-8H3,(H,33,35). The van der Waals surface area contributed by atoms with Gasteiger partial charge in [0.05, 0.1) is 11.2 Å². The zero-order valence-electron chi connectivity index (χ0n) is 24.8. The number of hydrogen-bond acceptors (Lipinski definition) is 4. The summed E-state index contributed by atoms with van der Waals surface area (Å²) in [6, 6.07) is 9.51. The van der Waals surface area contributed by atoms with Crippen molar-refractivity contribution in [3.63, 3.8) is 0 Å². The molecule has 1 aromatic rings. The van der Waals surface area contributed by atoms with E-state index in [1.54, 1.807) is 0 Å². The maximum atomic E-state index is 13.7. The van der Waals surface area contributed by atoms with Gasteiger partial charge in [-0.3, -0.25) is 9.69 Å². The van der Waals surface area contributed by atoms with Gasteiger partial charge in [0.25, 0.3) is 0 Å². The van der Waals surface area contributed by atoms with Crippen LogP contribution in [0.3, 0.4) is 0 Å². The van der Waals surface area contributed by atoms with Crippen LogP contribution in [-0.2, 0) is 20.5 Å². The number of likely N-dealkylation sites (tertiary alicyclic amines) is 1. The van der Waals surface area contributed by atoms with Gasteiger partial charge in [0.1, 0.15) is 0 Å². The molecule has 37 heavy (non-hydrogen) atoms. The predicted octanol–water partition coefficient (Wildman–Crippen LogP) is 6.57. The normalized spacial score (nSPS) is 25.6. The highest BCUT2D eigenvalue weighted by molar-refractivity contribution is 6.45. The molecule has 1 aromatic carbocycles. The number of hydrogen-bond donors (Lipinski definition) is 1. The van der Waals surface area contributed by atoms with Crippen LogP contribution in [0.15, 0.2) is 24.3 Å². The van der Waals surface area contributed by atoms with E-state index in [-0.39, 0.29) is 35.2 Å². The van der Waals surface area contributed by atoms with Gasteiger partial charge in [-0.25, -0.2) is 0 Å². The molecule has 6 heteroatoms. The van der Waals surface area contributed by atoms with Crippen molar-refractivity contribution >= 4 is 13.0 Å². The lowest BCUT2D eigenvalue weighted by molar-refractivity contribution is -0.137. The van der Waals surface area contributed by atoms with Crippen LogP contribution in [0.5, 0.6) is 0 Å². The number of carbonyl (C=O) groups is 1. The molecule has 1 N–H and O–H groups in total. The Morgan fingerprint density at radius 3 is 2.24 bits per heavy atom. The summed E-state index contributed by atoms with van der Waals surface area (Å²) < 4.78 is 12.4. The Morgan fingerprint density at radius 1 is 1.00 bits per heavy atom. The van der Waals surface area contributed by atoms with Gasteiger partial charge in [-0.2, -0.15) is 0 Å². The van der Waals surface area contributed by atoms with E-state index in [4.69, 9.17) is 9.31 Å². The summed E-state index contributed by atoms with van der Waals surface area (Å²) in [5, 5.41) is 3.34. The molecule has 3 aliphatic rings. The average molecular weight is 511 g/mol. The SMILES string of the molecule is CC(C)(C)NC(=O)C(C)(CCCCB1OC(C)(C)C(C)(C)O1)C1CCN(C2CCc3ccccc32)CC1. The summed E-state index contributed by atoms with van der Waals surface area (Å²) in [7, 11) is -0.155. The first-order valence-corrected chi connectivity index (χ1v) is 14.7. The van der Waals surface area contributed by atoms with Gasteiger partial charge in [-0.1, -0.05) is 44.0 Å². The third kappa shape index (κ3) is 6.28. The summed E-state index contributed by atoms with van der Waals surface area (Å²) in [6.45, 7) is 19.1. The molecule has 2 aliphatic heterocycles. The maximum Gasteiger partial charge on any atom is 0.457 e. The number of piperidine rings is 1. The van der Waals surface area contributed by atoms with Gasteiger partial charge in [0.2, 0.25) is 5.91 Å². The van der Waals surface area contributed by atoms with E-state index in [2.05, 4.69) is 89.9 Å². The molecule has 206 valence electrons. The summed E-state index contributed by atoms with van der Waals surface area (Å²) >= 11 is 0. The molecule has 2 atom stereocenters. The van der Waals surface area contributed by atoms with Crippen molar-refractivity contribution in [2.24, 2.45) is 11.3 Å². The molecule has 0 radical (unpaired) electrons. The fourth-order valence-electron chi connectivity index (χ4n) is 6.63. The van der Waals surface area contributed by atoms with Gasteiger partial charge in [-0.15, -0.1) is 0 Å². The van der Waals surface area contributed by atoms with E-state index in [0.717, 1.165) is 51.5 Å². The lowest BCUT2D eigenvalue weighted by atomic mass is 9.67. The minimum Gasteiger partial charge on any atom is -0.403 e. The molecule has 2 fully saturated rings. The lowest BCUT2D eigenvalue weighted by Gasteiger charge is -2.44. The average Bonchev–Trinajstić information content (AvgIpc) is 3.32. The van der Waals surface area contributed by atoms with E-state index < -0.39 is 0 Å². The number of carbonyl (C=O) groups excluding carboxylic acids is 1. The minimum atomic E-state index is -0.358. The maximum absolute atomic E-state index is 13.7. The quantitative estimate of drug-likeness (QED) is 0.318. The second kappa shape index (κ2) is 10.7. The summed E-state index contributed by atoms with van der Waals surface area (Å²) in [5.41, 5.74) is 1.89.